The van der Waals surface area contributed by atoms with Gasteiger partial charge in [-0.15, -0.1) is 0 Å². The minimum atomic E-state index is -0.307. The van der Waals surface area contributed by atoms with E-state index in [1.807, 2.05) is 24.3 Å². The second-order valence-corrected chi connectivity index (χ2v) is 7.38. The Kier molecular flexibility index (Phi) is 5.51. The lowest BCUT2D eigenvalue weighted by Crippen LogP contribution is -2.48. The minimum absolute atomic E-state index is 0.193. The molecule has 2 heterocycles. The Bertz CT molecular complexity index is 1110. The molecule has 1 aliphatic rings. The quantitative estimate of drug-likeness (QED) is 0.712. The van der Waals surface area contributed by atoms with Crippen molar-refractivity contribution >= 4 is 34.0 Å². The molecule has 0 atom stereocenters. The van der Waals surface area contributed by atoms with E-state index in [1.165, 1.54) is 4.68 Å². The number of carbonyl (C=O) groups excluding carboxylic acids is 1. The van der Waals surface area contributed by atoms with E-state index in [-0.39, 0.29) is 17.2 Å². The van der Waals surface area contributed by atoms with Crippen molar-refractivity contribution in [2.45, 2.75) is 6.67 Å². The lowest BCUT2D eigenvalue weighted by Gasteiger charge is -2.36. The highest BCUT2D eigenvalue weighted by molar-refractivity contribution is 6.33. The van der Waals surface area contributed by atoms with Crippen LogP contribution in [-0.4, -0.2) is 53.8 Å². The van der Waals surface area contributed by atoms with Crippen LogP contribution in [0.4, 0.5) is 5.69 Å². The summed E-state index contributed by atoms with van der Waals surface area (Å²) in [7, 11) is 1.56. The van der Waals surface area contributed by atoms with Gasteiger partial charge in [-0.1, -0.05) is 41.9 Å². The molecule has 0 unspecified atom stereocenters. The third-order valence-corrected chi connectivity index (χ3v) is 5.53. The van der Waals surface area contributed by atoms with Crippen molar-refractivity contribution in [1.82, 2.24) is 20.0 Å². The number of carbonyl (C=O) groups is 1. The van der Waals surface area contributed by atoms with E-state index in [4.69, 9.17) is 11.6 Å². The molecule has 1 aromatic heterocycles. The molecule has 8 heteroatoms. The standard InChI is InChI=1S/C21H22ClN5O2/c1-23-20(28)19-15-6-2-3-7-16(15)21(29)27(24-19)14-25-10-12-26(13-11-25)18-9-5-4-8-17(18)22/h2-9H,10-14H2,1H3,(H,23,28). The summed E-state index contributed by atoms with van der Waals surface area (Å²) < 4.78 is 1.39. The van der Waals surface area contributed by atoms with E-state index >= 15 is 0 Å². The second-order valence-electron chi connectivity index (χ2n) is 6.98. The summed E-state index contributed by atoms with van der Waals surface area (Å²) in [5.74, 6) is -0.307. The highest BCUT2D eigenvalue weighted by atomic mass is 35.5. The number of nitrogens with one attached hydrogen (secondary N) is 1. The Hall–Kier alpha value is -2.90. The molecule has 150 valence electrons. The maximum absolute atomic E-state index is 12.9. The first-order chi connectivity index (χ1) is 14.1. The van der Waals surface area contributed by atoms with Crippen molar-refractivity contribution in [3.8, 4) is 0 Å². The average Bonchev–Trinajstić information content (AvgIpc) is 2.76. The number of amides is 1. The Balaban J connectivity index is 1.56. The Morgan fingerprint density at radius 3 is 2.38 bits per heavy atom. The van der Waals surface area contributed by atoms with Crippen molar-refractivity contribution < 1.29 is 4.79 Å². The number of piperazine rings is 1. The van der Waals surface area contributed by atoms with Crippen LogP contribution in [-0.2, 0) is 6.67 Å². The summed E-state index contributed by atoms with van der Waals surface area (Å²) in [4.78, 5) is 29.6. The van der Waals surface area contributed by atoms with Gasteiger partial charge in [0.05, 0.1) is 22.8 Å². The zero-order chi connectivity index (χ0) is 20.4. The van der Waals surface area contributed by atoms with E-state index in [0.29, 0.717) is 17.4 Å². The maximum Gasteiger partial charge on any atom is 0.275 e. The van der Waals surface area contributed by atoms with Crippen LogP contribution in [0.3, 0.4) is 0 Å². The number of hydrogen-bond donors (Lipinski definition) is 1. The number of para-hydroxylation sites is 1. The van der Waals surface area contributed by atoms with Crippen LogP contribution in [0.25, 0.3) is 10.8 Å². The monoisotopic (exact) mass is 411 g/mol. The molecule has 3 aromatic rings. The fraction of sp³-hybridized carbons (Fsp3) is 0.286. The van der Waals surface area contributed by atoms with Gasteiger partial charge in [0.1, 0.15) is 0 Å². The van der Waals surface area contributed by atoms with E-state index < -0.39 is 0 Å². The number of benzene rings is 2. The molecule has 29 heavy (non-hydrogen) atoms. The predicted molar refractivity (Wildman–Crippen MR) is 115 cm³/mol. The van der Waals surface area contributed by atoms with Crippen LogP contribution >= 0.6 is 11.6 Å². The van der Waals surface area contributed by atoms with Crippen LogP contribution in [0.2, 0.25) is 5.02 Å². The number of halogens is 1. The first-order valence-corrected chi connectivity index (χ1v) is 9.90. The normalized spacial score (nSPS) is 14.9. The zero-order valence-electron chi connectivity index (χ0n) is 16.1. The van der Waals surface area contributed by atoms with Crippen molar-refractivity contribution in [2.75, 3.05) is 38.1 Å². The van der Waals surface area contributed by atoms with Gasteiger partial charge in [-0.2, -0.15) is 5.10 Å². The number of aromatic nitrogens is 2. The van der Waals surface area contributed by atoms with Crippen LogP contribution in [0.1, 0.15) is 10.5 Å². The first-order valence-electron chi connectivity index (χ1n) is 9.52. The molecule has 2 aromatic carbocycles. The SMILES string of the molecule is CNC(=O)c1nn(CN2CCN(c3ccccc3Cl)CC2)c(=O)c2ccccc12. The Morgan fingerprint density at radius 1 is 1.03 bits per heavy atom. The molecule has 0 spiro atoms. The lowest BCUT2D eigenvalue weighted by molar-refractivity contribution is 0.0955. The fourth-order valence-corrected chi connectivity index (χ4v) is 3.90. The Morgan fingerprint density at radius 2 is 1.69 bits per heavy atom. The van der Waals surface area contributed by atoms with Gasteiger partial charge in [0.2, 0.25) is 0 Å². The zero-order valence-corrected chi connectivity index (χ0v) is 16.9. The number of fused-ring (bicyclic) bond motifs is 1. The summed E-state index contributed by atoms with van der Waals surface area (Å²) in [6, 6.07) is 14.9. The smallest absolute Gasteiger partial charge is 0.275 e. The molecule has 1 N–H and O–H groups in total. The van der Waals surface area contributed by atoms with Crippen LogP contribution in [0, 0.1) is 0 Å². The van der Waals surface area contributed by atoms with Crippen LogP contribution in [0.15, 0.2) is 53.3 Å². The van der Waals surface area contributed by atoms with E-state index in [2.05, 4.69) is 20.2 Å². The van der Waals surface area contributed by atoms with Gasteiger partial charge in [0.15, 0.2) is 5.69 Å². The second kappa shape index (κ2) is 8.23. The van der Waals surface area contributed by atoms with Crippen molar-refractivity contribution in [2.24, 2.45) is 0 Å². The number of hydrogen-bond acceptors (Lipinski definition) is 5. The van der Waals surface area contributed by atoms with Crippen molar-refractivity contribution in [1.29, 1.82) is 0 Å². The largest absolute Gasteiger partial charge is 0.368 e. The number of rotatable bonds is 4. The van der Waals surface area contributed by atoms with Gasteiger partial charge in [-0.3, -0.25) is 14.5 Å². The first kappa shape index (κ1) is 19.4. The summed E-state index contributed by atoms with van der Waals surface area (Å²) in [6.07, 6.45) is 0. The molecule has 1 amide bonds. The third kappa shape index (κ3) is 3.83. The lowest BCUT2D eigenvalue weighted by atomic mass is 10.1. The van der Waals surface area contributed by atoms with Gasteiger partial charge in [-0.05, 0) is 18.2 Å². The number of nitrogens with zero attached hydrogens (tertiary/aromatic N) is 4. The molecule has 4 rings (SSSR count). The molecule has 7 nitrogen and oxygen atoms in total. The molecule has 0 aliphatic carbocycles. The van der Waals surface area contributed by atoms with Gasteiger partial charge in [0.25, 0.3) is 11.5 Å². The molecule has 1 saturated heterocycles. The van der Waals surface area contributed by atoms with Gasteiger partial charge in [0, 0.05) is 38.6 Å². The van der Waals surface area contributed by atoms with Crippen LogP contribution < -0.4 is 15.8 Å². The van der Waals surface area contributed by atoms with Crippen LogP contribution in [0.5, 0.6) is 0 Å². The summed E-state index contributed by atoms with van der Waals surface area (Å²) in [5, 5.41) is 8.78. The van der Waals surface area contributed by atoms with Gasteiger partial charge in [-0.25, -0.2) is 4.68 Å². The fourth-order valence-electron chi connectivity index (χ4n) is 3.64. The number of anilines is 1. The van der Waals surface area contributed by atoms with Gasteiger partial charge < -0.3 is 10.2 Å². The molecular formula is C21H22ClN5O2. The minimum Gasteiger partial charge on any atom is -0.368 e. The molecule has 1 fully saturated rings. The van der Waals surface area contributed by atoms with Crippen molar-refractivity contribution in [3.63, 3.8) is 0 Å². The topological polar surface area (TPSA) is 70.5 Å². The Labute approximate surface area is 173 Å². The van der Waals surface area contributed by atoms with Gasteiger partial charge >= 0.3 is 0 Å². The average molecular weight is 412 g/mol. The van der Waals surface area contributed by atoms with Crippen molar-refractivity contribution in [3.05, 3.63) is 69.6 Å². The molecule has 0 radical (unpaired) electrons. The highest BCUT2D eigenvalue weighted by Crippen LogP contribution is 2.26. The molecule has 0 bridgehead atoms. The van der Waals surface area contributed by atoms with E-state index in [0.717, 1.165) is 36.9 Å². The predicted octanol–water partition coefficient (Wildman–Crippen LogP) is 2.19. The molecule has 0 saturated carbocycles. The summed E-state index contributed by atoms with van der Waals surface area (Å²) >= 11 is 6.31. The van der Waals surface area contributed by atoms with E-state index in [1.54, 1.807) is 31.3 Å². The third-order valence-electron chi connectivity index (χ3n) is 5.21. The van der Waals surface area contributed by atoms with E-state index in [9.17, 15) is 9.59 Å². The maximum atomic E-state index is 12.9. The highest BCUT2D eigenvalue weighted by Gasteiger charge is 2.21. The molecule has 1 aliphatic heterocycles. The summed E-state index contributed by atoms with van der Waals surface area (Å²) in [6.45, 7) is 3.47. The molecular weight excluding hydrogens is 390 g/mol. The summed E-state index contributed by atoms with van der Waals surface area (Å²) in [5.41, 5.74) is 1.09.